The van der Waals surface area contributed by atoms with Crippen molar-refractivity contribution < 1.29 is 4.79 Å². The highest BCUT2D eigenvalue weighted by molar-refractivity contribution is 5.93. The molecule has 0 saturated carbocycles. The molecule has 0 radical (unpaired) electrons. The number of aromatic nitrogens is 4. The quantitative estimate of drug-likeness (QED) is 0.755. The van der Waals surface area contributed by atoms with Crippen molar-refractivity contribution >= 4 is 17.5 Å². The number of anilines is 2. The minimum absolute atomic E-state index is 0.00316. The summed E-state index contributed by atoms with van der Waals surface area (Å²) >= 11 is 0. The van der Waals surface area contributed by atoms with E-state index in [1.165, 1.54) is 0 Å². The van der Waals surface area contributed by atoms with E-state index in [0.29, 0.717) is 17.4 Å². The molecule has 1 aromatic carbocycles. The topological polar surface area (TPSA) is 75.9 Å². The van der Waals surface area contributed by atoms with E-state index in [4.69, 9.17) is 0 Å². The van der Waals surface area contributed by atoms with Crippen molar-refractivity contribution in [2.24, 2.45) is 5.92 Å². The minimum atomic E-state index is -0.00316. The second-order valence-corrected chi connectivity index (χ2v) is 6.81. The van der Waals surface area contributed by atoms with Crippen LogP contribution in [0.15, 0.2) is 61.4 Å². The monoisotopic (exact) mass is 362 g/mol. The average Bonchev–Trinajstić information content (AvgIpc) is 3.22. The first-order valence-electron chi connectivity index (χ1n) is 9.17. The van der Waals surface area contributed by atoms with Crippen LogP contribution in [0.25, 0.3) is 0 Å². The first kappa shape index (κ1) is 17.2. The first-order chi connectivity index (χ1) is 13.3. The summed E-state index contributed by atoms with van der Waals surface area (Å²) < 4.78 is 2.08. The number of carbonyl (C=O) groups is 1. The second-order valence-electron chi connectivity index (χ2n) is 6.81. The van der Waals surface area contributed by atoms with Crippen molar-refractivity contribution in [3.05, 3.63) is 67.0 Å². The molecule has 1 aliphatic heterocycles. The van der Waals surface area contributed by atoms with Gasteiger partial charge in [-0.3, -0.25) is 4.79 Å². The average molecular weight is 362 g/mol. The zero-order valence-electron chi connectivity index (χ0n) is 15.0. The van der Waals surface area contributed by atoms with E-state index in [0.717, 1.165) is 38.2 Å². The lowest BCUT2D eigenvalue weighted by atomic mass is 9.97. The molecule has 3 heterocycles. The summed E-state index contributed by atoms with van der Waals surface area (Å²) in [7, 11) is 0. The highest BCUT2D eigenvalue weighted by Gasteiger charge is 2.25. The van der Waals surface area contributed by atoms with Gasteiger partial charge in [0.05, 0.1) is 11.9 Å². The van der Waals surface area contributed by atoms with E-state index in [-0.39, 0.29) is 5.91 Å². The molecule has 1 N–H and O–H groups in total. The van der Waals surface area contributed by atoms with Crippen LogP contribution in [0.5, 0.6) is 0 Å². The van der Waals surface area contributed by atoms with E-state index in [1.807, 2.05) is 47.8 Å². The Balaban J connectivity index is 1.38. The fourth-order valence-electron chi connectivity index (χ4n) is 3.43. The van der Waals surface area contributed by atoms with Crippen molar-refractivity contribution in [1.82, 2.24) is 24.4 Å². The Morgan fingerprint density at radius 1 is 1.19 bits per heavy atom. The third kappa shape index (κ3) is 4.31. The predicted octanol–water partition coefficient (Wildman–Crippen LogP) is 2.97. The number of nitrogens with one attached hydrogen (secondary N) is 1. The molecule has 0 unspecified atom stereocenters. The van der Waals surface area contributed by atoms with Gasteiger partial charge in [0, 0.05) is 50.1 Å². The number of hydrogen-bond acceptors (Lipinski definition) is 5. The van der Waals surface area contributed by atoms with Crippen molar-refractivity contribution in [1.29, 1.82) is 0 Å². The number of imidazole rings is 1. The van der Waals surface area contributed by atoms with Crippen molar-refractivity contribution in [2.45, 2.75) is 19.4 Å². The molecule has 1 fully saturated rings. The largest absolute Gasteiger partial charge is 0.338 e. The fraction of sp³-hybridized carbons (Fsp3) is 0.300. The van der Waals surface area contributed by atoms with E-state index >= 15 is 0 Å². The zero-order valence-corrected chi connectivity index (χ0v) is 15.0. The Morgan fingerprint density at radius 3 is 2.74 bits per heavy atom. The summed E-state index contributed by atoms with van der Waals surface area (Å²) in [5.41, 5.74) is 1.44. The molecule has 7 heteroatoms. The van der Waals surface area contributed by atoms with Gasteiger partial charge in [-0.2, -0.15) is 0 Å². The van der Waals surface area contributed by atoms with Gasteiger partial charge in [0.25, 0.3) is 5.91 Å². The van der Waals surface area contributed by atoms with Crippen LogP contribution in [0.2, 0.25) is 0 Å². The van der Waals surface area contributed by atoms with Gasteiger partial charge >= 0.3 is 0 Å². The van der Waals surface area contributed by atoms with Gasteiger partial charge in [-0.1, -0.05) is 18.2 Å². The smallest absolute Gasteiger partial charge is 0.257 e. The molecule has 27 heavy (non-hydrogen) atoms. The number of nitrogens with zero attached hydrogens (tertiary/aromatic N) is 5. The molecule has 0 aliphatic carbocycles. The number of hydrogen-bond donors (Lipinski definition) is 1. The highest BCUT2D eigenvalue weighted by Crippen LogP contribution is 2.20. The van der Waals surface area contributed by atoms with Crippen molar-refractivity contribution in [3.8, 4) is 0 Å². The van der Waals surface area contributed by atoms with Crippen molar-refractivity contribution in [3.63, 3.8) is 0 Å². The van der Waals surface area contributed by atoms with Gasteiger partial charge in [0.1, 0.15) is 0 Å². The summed E-state index contributed by atoms with van der Waals surface area (Å²) in [4.78, 5) is 27.4. The number of carbonyl (C=O) groups excluding carboxylic acids is 1. The molecule has 2 aromatic heterocycles. The molecular formula is C20H22N6O. The molecule has 1 atom stereocenters. The molecule has 1 aliphatic rings. The van der Waals surface area contributed by atoms with E-state index in [1.54, 1.807) is 18.6 Å². The minimum Gasteiger partial charge on any atom is -0.338 e. The van der Waals surface area contributed by atoms with Crippen molar-refractivity contribution in [2.75, 3.05) is 18.4 Å². The van der Waals surface area contributed by atoms with Crippen LogP contribution in [0, 0.1) is 5.92 Å². The maximum Gasteiger partial charge on any atom is 0.257 e. The van der Waals surface area contributed by atoms with Gasteiger partial charge in [0.2, 0.25) is 5.95 Å². The fourth-order valence-corrected chi connectivity index (χ4v) is 3.43. The molecule has 0 spiro atoms. The van der Waals surface area contributed by atoms with Gasteiger partial charge in [-0.25, -0.2) is 15.0 Å². The van der Waals surface area contributed by atoms with Crippen LogP contribution in [0.4, 0.5) is 11.6 Å². The number of amides is 1. The van der Waals surface area contributed by atoms with E-state index in [9.17, 15) is 4.79 Å². The van der Waals surface area contributed by atoms with Crippen LogP contribution in [0.1, 0.15) is 23.2 Å². The SMILES string of the molecule is O=C(c1cnc(Nc2ccccc2)nc1)N1CCC[C@H](Cn2ccnc2)C1. The zero-order chi connectivity index (χ0) is 18.5. The Hall–Kier alpha value is -3.22. The van der Waals surface area contributed by atoms with Gasteiger partial charge in [-0.15, -0.1) is 0 Å². The van der Waals surface area contributed by atoms with Crippen LogP contribution >= 0.6 is 0 Å². The first-order valence-corrected chi connectivity index (χ1v) is 9.17. The maximum atomic E-state index is 12.8. The molecule has 3 aromatic rings. The van der Waals surface area contributed by atoms with Gasteiger partial charge in [-0.05, 0) is 30.9 Å². The van der Waals surface area contributed by atoms with E-state index < -0.39 is 0 Å². The molecule has 1 amide bonds. The normalized spacial score (nSPS) is 16.9. The Labute approximate surface area is 158 Å². The Morgan fingerprint density at radius 2 is 2.00 bits per heavy atom. The molecule has 0 bridgehead atoms. The maximum absolute atomic E-state index is 12.8. The number of rotatable bonds is 5. The van der Waals surface area contributed by atoms with Crippen LogP contribution in [-0.4, -0.2) is 43.4 Å². The lowest BCUT2D eigenvalue weighted by Crippen LogP contribution is -2.41. The van der Waals surface area contributed by atoms with Crippen LogP contribution in [-0.2, 0) is 6.54 Å². The summed E-state index contributed by atoms with van der Waals surface area (Å²) in [6, 6.07) is 9.72. The lowest BCUT2D eigenvalue weighted by Gasteiger charge is -2.32. The van der Waals surface area contributed by atoms with Crippen LogP contribution < -0.4 is 5.32 Å². The molecule has 1 saturated heterocycles. The molecule has 7 nitrogen and oxygen atoms in total. The Bertz CT molecular complexity index is 863. The summed E-state index contributed by atoms with van der Waals surface area (Å²) in [5.74, 6) is 0.919. The highest BCUT2D eigenvalue weighted by atomic mass is 16.2. The second kappa shape index (κ2) is 7.99. The summed E-state index contributed by atoms with van der Waals surface area (Å²) in [6.07, 6.45) is 10.9. The predicted molar refractivity (Wildman–Crippen MR) is 103 cm³/mol. The molecular weight excluding hydrogens is 340 g/mol. The standard InChI is InChI=1S/C20H22N6O/c27-19(26-9-4-5-16(14-26)13-25-10-8-21-15-25)17-11-22-20(23-12-17)24-18-6-2-1-3-7-18/h1-3,6-8,10-12,15-16H,4-5,9,13-14H2,(H,22,23,24)/t16-/m1/s1. The number of para-hydroxylation sites is 1. The number of piperidine rings is 1. The van der Waals surface area contributed by atoms with E-state index in [2.05, 4.69) is 24.8 Å². The third-order valence-corrected chi connectivity index (χ3v) is 4.76. The number of benzene rings is 1. The summed E-state index contributed by atoms with van der Waals surface area (Å²) in [5, 5.41) is 3.13. The Kier molecular flexibility index (Phi) is 5.09. The van der Waals surface area contributed by atoms with Crippen LogP contribution in [0.3, 0.4) is 0 Å². The van der Waals surface area contributed by atoms with Gasteiger partial charge < -0.3 is 14.8 Å². The molecule has 4 rings (SSSR count). The third-order valence-electron chi connectivity index (χ3n) is 4.76. The lowest BCUT2D eigenvalue weighted by molar-refractivity contribution is 0.0661. The number of likely N-dealkylation sites (tertiary alicyclic amines) is 1. The summed E-state index contributed by atoms with van der Waals surface area (Å²) in [6.45, 7) is 2.42. The molecule has 138 valence electrons. The van der Waals surface area contributed by atoms with Gasteiger partial charge in [0.15, 0.2) is 0 Å².